The Bertz CT molecular complexity index is 1280. The average molecular weight is 464 g/mol. The Balaban J connectivity index is 1.17. The second-order valence-corrected chi connectivity index (χ2v) is 10.1. The Morgan fingerprint density at radius 3 is 2.75 bits per heavy atom. The summed E-state index contributed by atoms with van der Waals surface area (Å²) in [5, 5.41) is 6.14. The first-order chi connectivity index (χ1) is 15.5. The molecule has 1 aliphatic rings. The van der Waals surface area contributed by atoms with Crippen molar-refractivity contribution in [1.29, 1.82) is 0 Å². The van der Waals surface area contributed by atoms with Gasteiger partial charge in [-0.1, -0.05) is 41.4 Å². The van der Waals surface area contributed by atoms with E-state index in [9.17, 15) is 4.79 Å². The first-order valence-corrected chi connectivity index (χ1v) is 12.3. The molecule has 0 saturated carbocycles. The van der Waals surface area contributed by atoms with E-state index in [2.05, 4.69) is 41.4 Å². The second kappa shape index (κ2) is 9.18. The molecule has 0 spiro atoms. The number of halogens is 1. The maximum Gasteiger partial charge on any atom is 0.261 e. The molecule has 4 aromatic rings. The van der Waals surface area contributed by atoms with E-state index in [1.54, 1.807) is 0 Å². The van der Waals surface area contributed by atoms with Gasteiger partial charge in [0.15, 0.2) is 0 Å². The van der Waals surface area contributed by atoms with E-state index in [1.807, 2.05) is 30.3 Å². The standard InChI is InChI=1S/C26H26ClN3OS/c1-17-6-7-23-20(12-17)13-21-14-24(32-26(21)29-23)25(31)28-15-18-8-10-30(11-9-18)16-19-4-2-3-5-22(19)27/h2-7,12-14,18H,8-11,15-16H2,1H3,(H,28,31). The molecule has 164 valence electrons. The first kappa shape index (κ1) is 21.4. The fraction of sp³-hybridized carbons (Fsp3) is 0.308. The molecule has 0 atom stereocenters. The number of carbonyl (C=O) groups is 1. The molecule has 1 aliphatic heterocycles. The molecule has 1 saturated heterocycles. The van der Waals surface area contributed by atoms with Crippen LogP contribution in [0.25, 0.3) is 21.1 Å². The van der Waals surface area contributed by atoms with Crippen molar-refractivity contribution in [2.45, 2.75) is 26.3 Å². The summed E-state index contributed by atoms with van der Waals surface area (Å²) >= 11 is 7.77. The molecular formula is C26H26ClN3OS. The van der Waals surface area contributed by atoms with Gasteiger partial charge in [0, 0.05) is 28.9 Å². The molecule has 2 aromatic carbocycles. The van der Waals surface area contributed by atoms with Gasteiger partial charge in [0.1, 0.15) is 4.83 Å². The molecule has 0 bridgehead atoms. The number of amides is 1. The molecule has 6 heteroatoms. The number of thiophene rings is 1. The summed E-state index contributed by atoms with van der Waals surface area (Å²) in [6, 6.07) is 18.4. The van der Waals surface area contributed by atoms with Crippen molar-refractivity contribution >= 4 is 50.0 Å². The Morgan fingerprint density at radius 1 is 1.12 bits per heavy atom. The lowest BCUT2D eigenvalue weighted by Crippen LogP contribution is -2.38. The molecule has 0 unspecified atom stereocenters. The molecule has 1 N–H and O–H groups in total. The van der Waals surface area contributed by atoms with Gasteiger partial charge in [-0.15, -0.1) is 11.3 Å². The lowest BCUT2D eigenvalue weighted by molar-refractivity contribution is 0.0939. The highest BCUT2D eigenvalue weighted by Crippen LogP contribution is 2.28. The quantitative estimate of drug-likeness (QED) is 0.391. The van der Waals surface area contributed by atoms with Gasteiger partial charge in [-0.3, -0.25) is 9.69 Å². The number of nitrogens with zero attached hydrogens (tertiary/aromatic N) is 2. The van der Waals surface area contributed by atoms with Gasteiger partial charge in [-0.2, -0.15) is 0 Å². The molecule has 0 radical (unpaired) electrons. The van der Waals surface area contributed by atoms with E-state index in [4.69, 9.17) is 16.6 Å². The highest BCUT2D eigenvalue weighted by molar-refractivity contribution is 7.20. The van der Waals surface area contributed by atoms with E-state index in [0.29, 0.717) is 5.92 Å². The zero-order valence-electron chi connectivity index (χ0n) is 18.1. The molecule has 3 heterocycles. The third-order valence-corrected chi connectivity index (χ3v) is 7.70. The van der Waals surface area contributed by atoms with Crippen molar-refractivity contribution in [2.75, 3.05) is 19.6 Å². The number of benzene rings is 2. The lowest BCUT2D eigenvalue weighted by Gasteiger charge is -2.32. The number of hydrogen-bond acceptors (Lipinski definition) is 4. The highest BCUT2D eigenvalue weighted by atomic mass is 35.5. The number of nitrogens with one attached hydrogen (secondary N) is 1. The fourth-order valence-corrected chi connectivity index (χ4v) is 5.54. The molecule has 5 rings (SSSR count). The highest BCUT2D eigenvalue weighted by Gasteiger charge is 2.21. The maximum absolute atomic E-state index is 12.8. The monoisotopic (exact) mass is 463 g/mol. The number of carbonyl (C=O) groups excluding carboxylic acids is 1. The first-order valence-electron chi connectivity index (χ1n) is 11.1. The van der Waals surface area contributed by atoms with Gasteiger partial charge in [0.05, 0.1) is 10.4 Å². The van der Waals surface area contributed by atoms with Gasteiger partial charge in [-0.25, -0.2) is 4.98 Å². The normalized spacial score (nSPS) is 15.4. The summed E-state index contributed by atoms with van der Waals surface area (Å²) in [4.78, 5) is 21.6. The third kappa shape index (κ3) is 4.65. The van der Waals surface area contributed by atoms with Crippen LogP contribution in [-0.2, 0) is 6.54 Å². The molecular weight excluding hydrogens is 438 g/mol. The van der Waals surface area contributed by atoms with Crippen LogP contribution >= 0.6 is 22.9 Å². The van der Waals surface area contributed by atoms with Gasteiger partial charge >= 0.3 is 0 Å². The molecule has 4 nitrogen and oxygen atoms in total. The molecule has 1 fully saturated rings. The van der Waals surface area contributed by atoms with E-state index in [-0.39, 0.29) is 5.91 Å². The topological polar surface area (TPSA) is 45.2 Å². The van der Waals surface area contributed by atoms with Crippen molar-refractivity contribution in [3.63, 3.8) is 0 Å². The Labute approximate surface area is 197 Å². The van der Waals surface area contributed by atoms with Crippen molar-refractivity contribution < 1.29 is 4.79 Å². The number of hydrogen-bond donors (Lipinski definition) is 1. The Kier molecular flexibility index (Phi) is 6.13. The van der Waals surface area contributed by atoms with Crippen LogP contribution in [0.1, 0.15) is 33.6 Å². The Hall–Kier alpha value is -2.47. The summed E-state index contributed by atoms with van der Waals surface area (Å²) in [6.07, 6.45) is 2.17. The van der Waals surface area contributed by atoms with E-state index in [1.165, 1.54) is 22.5 Å². The minimum absolute atomic E-state index is 0.00623. The van der Waals surface area contributed by atoms with E-state index >= 15 is 0 Å². The number of fused-ring (bicyclic) bond motifs is 2. The van der Waals surface area contributed by atoms with Crippen molar-refractivity contribution in [3.05, 3.63) is 75.6 Å². The summed E-state index contributed by atoms with van der Waals surface area (Å²) in [6.45, 7) is 5.76. The Morgan fingerprint density at radius 2 is 1.94 bits per heavy atom. The van der Waals surface area contributed by atoms with Crippen LogP contribution in [0.3, 0.4) is 0 Å². The predicted molar refractivity (Wildman–Crippen MR) is 134 cm³/mol. The zero-order valence-corrected chi connectivity index (χ0v) is 19.7. The van der Waals surface area contributed by atoms with Crippen LogP contribution in [0.2, 0.25) is 5.02 Å². The summed E-state index contributed by atoms with van der Waals surface area (Å²) in [5.74, 6) is 0.520. The predicted octanol–water partition coefficient (Wildman–Crippen LogP) is 6.05. The van der Waals surface area contributed by atoms with Crippen LogP contribution in [0.5, 0.6) is 0 Å². The van der Waals surface area contributed by atoms with Crippen molar-refractivity contribution in [3.8, 4) is 0 Å². The van der Waals surface area contributed by atoms with Crippen molar-refractivity contribution in [1.82, 2.24) is 15.2 Å². The van der Waals surface area contributed by atoms with E-state index in [0.717, 1.165) is 70.0 Å². The van der Waals surface area contributed by atoms with E-state index < -0.39 is 0 Å². The molecule has 0 aliphatic carbocycles. The number of aromatic nitrogens is 1. The van der Waals surface area contributed by atoms with Crippen LogP contribution in [0, 0.1) is 12.8 Å². The molecule has 32 heavy (non-hydrogen) atoms. The van der Waals surface area contributed by atoms with Gasteiger partial charge in [-0.05, 0) is 74.7 Å². The fourth-order valence-electron chi connectivity index (χ4n) is 4.41. The number of likely N-dealkylation sites (tertiary alicyclic amines) is 1. The number of pyridine rings is 1. The zero-order chi connectivity index (χ0) is 22.1. The number of piperidine rings is 1. The number of rotatable bonds is 5. The second-order valence-electron chi connectivity index (χ2n) is 8.71. The smallest absolute Gasteiger partial charge is 0.261 e. The lowest BCUT2D eigenvalue weighted by atomic mass is 9.96. The minimum Gasteiger partial charge on any atom is -0.351 e. The number of aryl methyl sites for hydroxylation is 1. The molecule has 2 aromatic heterocycles. The SMILES string of the molecule is Cc1ccc2nc3sc(C(=O)NCC4CCN(Cc5ccccc5Cl)CC4)cc3cc2c1. The van der Waals surface area contributed by atoms with Crippen LogP contribution in [0.15, 0.2) is 54.6 Å². The molecule has 1 amide bonds. The third-order valence-electron chi connectivity index (χ3n) is 6.29. The van der Waals surface area contributed by atoms with Gasteiger partial charge in [0.25, 0.3) is 5.91 Å². The van der Waals surface area contributed by atoms with Gasteiger partial charge in [0.2, 0.25) is 0 Å². The van der Waals surface area contributed by atoms with Gasteiger partial charge < -0.3 is 5.32 Å². The summed E-state index contributed by atoms with van der Waals surface area (Å²) in [7, 11) is 0. The minimum atomic E-state index is 0.00623. The van der Waals surface area contributed by atoms with Crippen molar-refractivity contribution in [2.24, 2.45) is 5.92 Å². The summed E-state index contributed by atoms with van der Waals surface area (Å²) < 4.78 is 0. The van der Waals surface area contributed by atoms with Crippen LogP contribution < -0.4 is 5.32 Å². The average Bonchev–Trinajstić information content (AvgIpc) is 3.21. The van der Waals surface area contributed by atoms with Crippen LogP contribution in [-0.4, -0.2) is 35.4 Å². The largest absolute Gasteiger partial charge is 0.351 e. The van der Waals surface area contributed by atoms with Crippen LogP contribution in [0.4, 0.5) is 0 Å². The maximum atomic E-state index is 12.8. The summed E-state index contributed by atoms with van der Waals surface area (Å²) in [5.41, 5.74) is 3.37.